The van der Waals surface area contributed by atoms with Gasteiger partial charge in [-0.15, -0.1) is 11.6 Å². The molecular weight excluding hydrogens is 364 g/mol. The van der Waals surface area contributed by atoms with Crippen LogP contribution in [0.2, 0.25) is 0 Å². The summed E-state index contributed by atoms with van der Waals surface area (Å²) in [6.45, 7) is 2.44. The van der Waals surface area contributed by atoms with Gasteiger partial charge in [-0.05, 0) is 12.5 Å². The number of piperidine rings is 1. The van der Waals surface area contributed by atoms with Gasteiger partial charge in [0.1, 0.15) is 16.0 Å². The summed E-state index contributed by atoms with van der Waals surface area (Å²) < 4.78 is 25.5. The molecule has 0 radical (unpaired) electrons. The molecule has 1 aromatic carbocycles. The Morgan fingerprint density at radius 1 is 1.24 bits per heavy atom. The first-order chi connectivity index (χ1) is 11.8. The number of carbonyl (C=O) groups is 2. The Bertz CT molecular complexity index is 771. The summed E-state index contributed by atoms with van der Waals surface area (Å²) in [6.07, 6.45) is 0.451. The fraction of sp³-hybridized carbons (Fsp3) is 0.529. The Morgan fingerprint density at radius 2 is 1.84 bits per heavy atom. The number of sulfone groups is 1. The van der Waals surface area contributed by atoms with E-state index in [0.717, 1.165) is 5.56 Å². The van der Waals surface area contributed by atoms with Crippen LogP contribution in [-0.2, 0) is 26.0 Å². The predicted octanol–water partition coefficient (Wildman–Crippen LogP) is 1.39. The average Bonchev–Trinajstić information content (AvgIpc) is 2.76. The Kier molecular flexibility index (Phi) is 4.81. The maximum atomic E-state index is 12.8. The van der Waals surface area contributed by atoms with Crippen LogP contribution < -0.4 is 0 Å². The minimum atomic E-state index is -3.59. The fourth-order valence-corrected chi connectivity index (χ4v) is 5.87. The third-order valence-corrected chi connectivity index (χ3v) is 7.67. The Hall–Kier alpha value is -1.60. The zero-order chi connectivity index (χ0) is 18.2. The largest absolute Gasteiger partial charge is 0.341 e. The van der Waals surface area contributed by atoms with Crippen LogP contribution in [-0.4, -0.2) is 59.1 Å². The molecule has 0 N–H and O–H groups in total. The van der Waals surface area contributed by atoms with Gasteiger partial charge >= 0.3 is 0 Å². The van der Waals surface area contributed by atoms with E-state index >= 15 is 0 Å². The van der Waals surface area contributed by atoms with E-state index in [1.54, 1.807) is 11.8 Å². The van der Waals surface area contributed by atoms with Crippen LogP contribution in [0.3, 0.4) is 0 Å². The van der Waals surface area contributed by atoms with Gasteiger partial charge in [0.05, 0.1) is 0 Å². The lowest BCUT2D eigenvalue weighted by atomic mass is 10.0. The topological polar surface area (TPSA) is 74.8 Å². The fourth-order valence-electron chi connectivity index (χ4n) is 3.68. The number of alkyl halides is 1. The van der Waals surface area contributed by atoms with Gasteiger partial charge in [-0.2, -0.15) is 0 Å². The van der Waals surface area contributed by atoms with Crippen LogP contribution in [0.1, 0.15) is 25.3 Å². The Labute approximate surface area is 152 Å². The van der Waals surface area contributed by atoms with E-state index in [2.05, 4.69) is 0 Å². The second-order valence-corrected chi connectivity index (χ2v) is 9.54. The summed E-state index contributed by atoms with van der Waals surface area (Å²) in [4.78, 5) is 26.4. The van der Waals surface area contributed by atoms with Crippen LogP contribution in [0, 0.1) is 0 Å². The molecule has 2 heterocycles. The summed E-state index contributed by atoms with van der Waals surface area (Å²) in [5.41, 5.74) is 0.889. The molecule has 2 saturated heterocycles. The van der Waals surface area contributed by atoms with Crippen molar-refractivity contribution in [1.29, 1.82) is 0 Å². The minimum absolute atomic E-state index is 0.201. The molecule has 0 aliphatic carbocycles. The van der Waals surface area contributed by atoms with Gasteiger partial charge in [0.15, 0.2) is 9.84 Å². The van der Waals surface area contributed by atoms with Crippen molar-refractivity contribution in [2.45, 2.75) is 36.6 Å². The molecule has 1 unspecified atom stereocenters. The highest BCUT2D eigenvalue weighted by atomic mass is 35.5. The van der Waals surface area contributed by atoms with E-state index in [0.29, 0.717) is 0 Å². The summed E-state index contributed by atoms with van der Waals surface area (Å²) in [5.74, 6) is -1.03. The molecular formula is C17H21ClN2O4S. The number of benzene rings is 1. The lowest BCUT2D eigenvalue weighted by Gasteiger charge is -2.43. The smallest absolute Gasteiger partial charge is 0.240 e. The highest BCUT2D eigenvalue weighted by Gasteiger charge is 2.58. The van der Waals surface area contributed by atoms with Crippen LogP contribution >= 0.6 is 11.6 Å². The zero-order valence-electron chi connectivity index (χ0n) is 14.0. The summed E-state index contributed by atoms with van der Waals surface area (Å²) in [7, 11) is -3.59. The minimum Gasteiger partial charge on any atom is -0.341 e. The van der Waals surface area contributed by atoms with E-state index in [4.69, 9.17) is 11.6 Å². The van der Waals surface area contributed by atoms with Crippen LogP contribution in [0.25, 0.3) is 0 Å². The van der Waals surface area contributed by atoms with E-state index in [9.17, 15) is 18.0 Å². The molecule has 25 heavy (non-hydrogen) atoms. The molecule has 0 aromatic heterocycles. The predicted molar refractivity (Wildman–Crippen MR) is 94.6 cm³/mol. The molecule has 6 nitrogen and oxygen atoms in total. The zero-order valence-corrected chi connectivity index (χ0v) is 15.6. The number of hydrogen-bond donors (Lipinski definition) is 0. The highest BCUT2D eigenvalue weighted by Crippen LogP contribution is 2.41. The highest BCUT2D eigenvalue weighted by molar-refractivity contribution is 7.93. The average molecular weight is 385 g/mol. The van der Waals surface area contributed by atoms with Crippen molar-refractivity contribution in [2.24, 2.45) is 0 Å². The first-order valence-electron chi connectivity index (χ1n) is 8.26. The van der Waals surface area contributed by atoms with Crippen molar-refractivity contribution in [3.8, 4) is 0 Å². The Balaban J connectivity index is 1.86. The normalized spacial score (nSPS) is 23.0. The SMILES string of the molecule is CC(Cl)C(=O)N1CCC2(CC1)N(Cc1ccccc1)C(=O)CS2(=O)=O. The van der Waals surface area contributed by atoms with Gasteiger partial charge in [0.25, 0.3) is 0 Å². The van der Waals surface area contributed by atoms with E-state index in [-0.39, 0.29) is 44.3 Å². The first kappa shape index (κ1) is 18.2. The molecule has 0 bridgehead atoms. The van der Waals surface area contributed by atoms with Gasteiger partial charge in [-0.3, -0.25) is 9.59 Å². The molecule has 8 heteroatoms. The first-order valence-corrected chi connectivity index (χ1v) is 10.4. The van der Waals surface area contributed by atoms with Crippen LogP contribution in [0.15, 0.2) is 30.3 Å². The molecule has 1 spiro atoms. The number of likely N-dealkylation sites (tertiary alicyclic amines) is 1. The van der Waals surface area contributed by atoms with Crippen molar-refractivity contribution in [3.63, 3.8) is 0 Å². The van der Waals surface area contributed by atoms with Crippen LogP contribution in [0.4, 0.5) is 0 Å². The molecule has 2 fully saturated rings. The maximum absolute atomic E-state index is 12.8. The third-order valence-electron chi connectivity index (χ3n) is 5.07. The molecule has 2 aliphatic rings. The van der Waals surface area contributed by atoms with Crippen molar-refractivity contribution < 1.29 is 18.0 Å². The van der Waals surface area contributed by atoms with Gasteiger partial charge in [-0.1, -0.05) is 30.3 Å². The van der Waals surface area contributed by atoms with Crippen molar-refractivity contribution in [1.82, 2.24) is 9.80 Å². The van der Waals surface area contributed by atoms with Crippen molar-refractivity contribution in [3.05, 3.63) is 35.9 Å². The molecule has 136 valence electrons. The summed E-state index contributed by atoms with van der Waals surface area (Å²) >= 11 is 5.85. The molecule has 1 atom stereocenters. The van der Waals surface area contributed by atoms with Gasteiger partial charge in [0, 0.05) is 32.5 Å². The van der Waals surface area contributed by atoms with E-state index in [1.807, 2.05) is 30.3 Å². The standard InChI is InChI=1S/C17H21ClN2O4S/c1-13(18)16(22)19-9-7-17(8-10-19)20(15(21)12-25(17,23)24)11-14-5-3-2-4-6-14/h2-6,13H,7-12H2,1H3. The summed E-state index contributed by atoms with van der Waals surface area (Å²) in [6, 6.07) is 9.35. The second kappa shape index (κ2) is 6.61. The molecule has 0 saturated carbocycles. The molecule has 1 aromatic rings. The number of amides is 2. The number of carbonyl (C=O) groups excluding carboxylic acids is 2. The van der Waals surface area contributed by atoms with E-state index < -0.39 is 25.8 Å². The quantitative estimate of drug-likeness (QED) is 0.738. The van der Waals surface area contributed by atoms with Crippen molar-refractivity contribution >= 4 is 33.3 Å². The van der Waals surface area contributed by atoms with Crippen molar-refractivity contribution in [2.75, 3.05) is 18.8 Å². The second-order valence-electron chi connectivity index (χ2n) is 6.61. The van der Waals surface area contributed by atoms with Gasteiger partial charge in [-0.25, -0.2) is 8.42 Å². The third kappa shape index (κ3) is 3.15. The monoisotopic (exact) mass is 384 g/mol. The molecule has 2 amide bonds. The number of nitrogens with zero attached hydrogens (tertiary/aromatic N) is 2. The van der Waals surface area contributed by atoms with E-state index in [1.165, 1.54) is 4.90 Å². The molecule has 3 rings (SSSR count). The Morgan fingerprint density at radius 3 is 2.40 bits per heavy atom. The van der Waals surface area contributed by atoms with Gasteiger partial charge in [0.2, 0.25) is 11.8 Å². The summed E-state index contributed by atoms with van der Waals surface area (Å²) in [5, 5.41) is -0.642. The number of halogens is 1. The maximum Gasteiger partial charge on any atom is 0.240 e. The number of rotatable bonds is 3. The van der Waals surface area contributed by atoms with Crippen LogP contribution in [0.5, 0.6) is 0 Å². The molecule has 2 aliphatic heterocycles. The lowest BCUT2D eigenvalue weighted by Crippen LogP contribution is -2.57. The lowest BCUT2D eigenvalue weighted by molar-refractivity contribution is -0.135. The number of hydrogen-bond acceptors (Lipinski definition) is 4. The van der Waals surface area contributed by atoms with Gasteiger partial charge < -0.3 is 9.80 Å².